The highest BCUT2D eigenvalue weighted by Crippen LogP contribution is 2.18. The van der Waals surface area contributed by atoms with Gasteiger partial charge in [0.15, 0.2) is 4.73 Å². The average molecular weight is 350 g/mol. The van der Waals surface area contributed by atoms with E-state index in [1.165, 1.54) is 0 Å². The van der Waals surface area contributed by atoms with Crippen molar-refractivity contribution in [1.82, 2.24) is 9.55 Å². The third-order valence-electron chi connectivity index (χ3n) is 3.10. The molecule has 3 rings (SSSR count). The van der Waals surface area contributed by atoms with Crippen molar-refractivity contribution in [2.24, 2.45) is 0 Å². The molecule has 0 unspecified atom stereocenters. The van der Waals surface area contributed by atoms with Gasteiger partial charge in [0, 0.05) is 5.02 Å². The fourth-order valence-corrected chi connectivity index (χ4v) is 2.75. The Bertz CT molecular complexity index is 845. The van der Waals surface area contributed by atoms with Crippen LogP contribution in [0.2, 0.25) is 5.02 Å². The summed E-state index contributed by atoms with van der Waals surface area (Å²) in [6, 6.07) is 14.8. The van der Waals surface area contributed by atoms with E-state index in [1.54, 1.807) is 10.6 Å². The zero-order valence-corrected chi connectivity index (χ0v) is 12.7. The molecule has 5 heteroatoms. The molecule has 0 aliphatic heterocycles. The maximum absolute atomic E-state index is 12.5. The van der Waals surface area contributed by atoms with Crippen LogP contribution in [0.15, 0.2) is 58.1 Å². The second-order valence-corrected chi connectivity index (χ2v) is 5.50. The molecule has 0 saturated carbocycles. The fourth-order valence-electron chi connectivity index (χ4n) is 2.07. The lowest BCUT2D eigenvalue weighted by molar-refractivity contribution is 0.724. The lowest BCUT2D eigenvalue weighted by Crippen LogP contribution is -2.23. The minimum atomic E-state index is -0.0811. The number of halogens is 2. The van der Waals surface area contributed by atoms with Gasteiger partial charge in [-0.2, -0.15) is 0 Å². The van der Waals surface area contributed by atoms with E-state index in [0.717, 1.165) is 5.56 Å². The van der Waals surface area contributed by atoms with E-state index >= 15 is 0 Å². The van der Waals surface area contributed by atoms with Crippen LogP contribution in [0, 0.1) is 0 Å². The Kier molecular flexibility index (Phi) is 3.59. The third kappa shape index (κ3) is 2.37. The zero-order valence-electron chi connectivity index (χ0n) is 10.4. The van der Waals surface area contributed by atoms with Gasteiger partial charge in [-0.1, -0.05) is 41.9 Å². The Balaban J connectivity index is 2.17. The van der Waals surface area contributed by atoms with E-state index < -0.39 is 0 Å². The first-order valence-corrected chi connectivity index (χ1v) is 7.22. The summed E-state index contributed by atoms with van der Waals surface area (Å²) in [5.41, 5.74) is 1.48. The van der Waals surface area contributed by atoms with Crippen LogP contribution < -0.4 is 5.56 Å². The first-order chi connectivity index (χ1) is 9.66. The molecule has 3 aromatic rings. The molecule has 0 amide bonds. The van der Waals surface area contributed by atoms with Crippen LogP contribution in [-0.2, 0) is 6.54 Å². The number of hydrogen-bond acceptors (Lipinski definition) is 2. The van der Waals surface area contributed by atoms with Gasteiger partial charge in [0.25, 0.3) is 5.56 Å². The van der Waals surface area contributed by atoms with E-state index in [0.29, 0.717) is 27.2 Å². The van der Waals surface area contributed by atoms with Crippen molar-refractivity contribution in [3.63, 3.8) is 0 Å². The Morgan fingerprint density at radius 3 is 2.60 bits per heavy atom. The van der Waals surface area contributed by atoms with Crippen LogP contribution in [0.5, 0.6) is 0 Å². The minimum absolute atomic E-state index is 0.0811. The van der Waals surface area contributed by atoms with Crippen molar-refractivity contribution in [2.45, 2.75) is 6.54 Å². The lowest BCUT2D eigenvalue weighted by Gasteiger charge is -2.10. The SMILES string of the molecule is O=c1c2ccccc2nc(Br)n1Cc1ccccc1Cl. The van der Waals surface area contributed by atoms with Gasteiger partial charge in [0.05, 0.1) is 17.4 Å². The molecule has 3 nitrogen and oxygen atoms in total. The molecule has 0 aliphatic carbocycles. The predicted molar refractivity (Wildman–Crippen MR) is 84.3 cm³/mol. The lowest BCUT2D eigenvalue weighted by atomic mass is 10.2. The second kappa shape index (κ2) is 5.38. The van der Waals surface area contributed by atoms with Crippen LogP contribution in [0.25, 0.3) is 10.9 Å². The maximum atomic E-state index is 12.5. The summed E-state index contributed by atoms with van der Waals surface area (Å²) >= 11 is 9.51. The topological polar surface area (TPSA) is 34.9 Å². The van der Waals surface area contributed by atoms with Gasteiger partial charge in [-0.25, -0.2) is 4.98 Å². The molecular formula is C15H10BrClN2O. The van der Waals surface area contributed by atoms with Crippen molar-refractivity contribution in [3.05, 3.63) is 74.2 Å². The van der Waals surface area contributed by atoms with Crippen LogP contribution in [0.3, 0.4) is 0 Å². The molecule has 0 radical (unpaired) electrons. The molecule has 1 heterocycles. The Morgan fingerprint density at radius 2 is 1.80 bits per heavy atom. The van der Waals surface area contributed by atoms with Crippen LogP contribution >= 0.6 is 27.5 Å². The summed E-state index contributed by atoms with van der Waals surface area (Å²) in [6.45, 7) is 0.386. The minimum Gasteiger partial charge on any atom is -0.282 e. The quantitative estimate of drug-likeness (QED) is 0.659. The Labute approximate surface area is 129 Å². The van der Waals surface area contributed by atoms with Crippen LogP contribution in [0.4, 0.5) is 0 Å². The van der Waals surface area contributed by atoms with Gasteiger partial charge in [0.1, 0.15) is 0 Å². The van der Waals surface area contributed by atoms with Gasteiger partial charge < -0.3 is 0 Å². The number of hydrogen-bond donors (Lipinski definition) is 0. The molecule has 0 fully saturated rings. The molecule has 1 aromatic heterocycles. The van der Waals surface area contributed by atoms with Crippen molar-refractivity contribution < 1.29 is 0 Å². The third-order valence-corrected chi connectivity index (χ3v) is 4.08. The van der Waals surface area contributed by atoms with Crippen LogP contribution in [-0.4, -0.2) is 9.55 Å². The molecule has 0 saturated heterocycles. The highest BCUT2D eigenvalue weighted by atomic mass is 79.9. The van der Waals surface area contributed by atoms with Crippen molar-refractivity contribution in [1.29, 1.82) is 0 Å². The largest absolute Gasteiger partial charge is 0.282 e. The summed E-state index contributed by atoms with van der Waals surface area (Å²) in [5.74, 6) is 0. The van der Waals surface area contributed by atoms with E-state index in [2.05, 4.69) is 20.9 Å². The highest BCUT2D eigenvalue weighted by molar-refractivity contribution is 9.10. The molecule has 20 heavy (non-hydrogen) atoms. The Hall–Kier alpha value is -1.65. The van der Waals surface area contributed by atoms with E-state index in [1.807, 2.05) is 42.5 Å². The number of nitrogens with zero attached hydrogens (tertiary/aromatic N) is 2. The van der Waals surface area contributed by atoms with E-state index in [-0.39, 0.29) is 5.56 Å². The normalized spacial score (nSPS) is 10.9. The molecule has 0 aliphatic rings. The van der Waals surface area contributed by atoms with Crippen molar-refractivity contribution in [2.75, 3.05) is 0 Å². The number of fused-ring (bicyclic) bond motifs is 1. The summed E-state index contributed by atoms with van der Waals surface area (Å²) < 4.78 is 2.07. The molecule has 100 valence electrons. The number of para-hydroxylation sites is 1. The van der Waals surface area contributed by atoms with Gasteiger partial charge >= 0.3 is 0 Å². The molecule has 0 spiro atoms. The predicted octanol–water partition coefficient (Wildman–Crippen LogP) is 3.86. The summed E-state index contributed by atoms with van der Waals surface area (Å²) in [4.78, 5) is 16.9. The molecular weight excluding hydrogens is 340 g/mol. The van der Waals surface area contributed by atoms with Crippen molar-refractivity contribution >= 4 is 38.4 Å². The summed E-state index contributed by atoms with van der Waals surface area (Å²) in [6.07, 6.45) is 0. The van der Waals surface area contributed by atoms with E-state index in [9.17, 15) is 4.79 Å². The molecule has 0 atom stereocenters. The first-order valence-electron chi connectivity index (χ1n) is 6.05. The monoisotopic (exact) mass is 348 g/mol. The summed E-state index contributed by atoms with van der Waals surface area (Å²) in [7, 11) is 0. The van der Waals surface area contributed by atoms with Gasteiger partial charge in [-0.3, -0.25) is 9.36 Å². The van der Waals surface area contributed by atoms with Gasteiger partial charge in [-0.05, 0) is 39.7 Å². The zero-order chi connectivity index (χ0) is 14.1. The fraction of sp³-hybridized carbons (Fsp3) is 0.0667. The van der Waals surface area contributed by atoms with Crippen LogP contribution in [0.1, 0.15) is 5.56 Å². The standard InChI is InChI=1S/C15H10BrClN2O/c16-15-18-13-8-4-2-6-11(13)14(20)19(15)9-10-5-1-3-7-12(10)17/h1-8H,9H2. The van der Waals surface area contributed by atoms with E-state index in [4.69, 9.17) is 11.6 Å². The molecule has 0 bridgehead atoms. The summed E-state index contributed by atoms with van der Waals surface area (Å²) in [5, 5.41) is 1.24. The average Bonchev–Trinajstić information content (AvgIpc) is 2.45. The number of aromatic nitrogens is 2. The van der Waals surface area contributed by atoms with Crippen molar-refractivity contribution in [3.8, 4) is 0 Å². The number of rotatable bonds is 2. The van der Waals surface area contributed by atoms with Gasteiger partial charge in [0.2, 0.25) is 0 Å². The molecule has 2 aromatic carbocycles. The second-order valence-electron chi connectivity index (χ2n) is 4.38. The Morgan fingerprint density at radius 1 is 1.10 bits per heavy atom. The molecule has 0 N–H and O–H groups in total. The first kappa shape index (κ1) is 13.3. The highest BCUT2D eigenvalue weighted by Gasteiger charge is 2.10. The smallest absolute Gasteiger partial charge is 0.262 e. The van der Waals surface area contributed by atoms with Gasteiger partial charge in [-0.15, -0.1) is 0 Å². The maximum Gasteiger partial charge on any atom is 0.262 e. The number of benzene rings is 2.